The van der Waals surface area contributed by atoms with Gasteiger partial charge in [0, 0.05) is 10.0 Å². The van der Waals surface area contributed by atoms with Crippen LogP contribution in [0.3, 0.4) is 0 Å². The van der Waals surface area contributed by atoms with E-state index in [9.17, 15) is 4.79 Å². The second-order valence-electron chi connectivity index (χ2n) is 3.56. The lowest BCUT2D eigenvalue weighted by Gasteiger charge is -2.09. The van der Waals surface area contributed by atoms with Crippen molar-refractivity contribution in [1.29, 1.82) is 0 Å². The van der Waals surface area contributed by atoms with E-state index in [0.717, 1.165) is 0 Å². The highest BCUT2D eigenvalue weighted by Crippen LogP contribution is 2.28. The van der Waals surface area contributed by atoms with Crippen molar-refractivity contribution in [3.05, 3.63) is 58.1 Å². The van der Waals surface area contributed by atoms with Gasteiger partial charge in [0.2, 0.25) is 0 Å². The Morgan fingerprint density at radius 3 is 2.44 bits per heavy atom. The van der Waals surface area contributed by atoms with Crippen molar-refractivity contribution < 1.29 is 9.53 Å². The summed E-state index contributed by atoms with van der Waals surface area (Å²) in [4.78, 5) is 11.3. The van der Waals surface area contributed by atoms with Crippen LogP contribution in [0, 0.1) is 0 Å². The molecule has 2 rings (SSSR count). The van der Waals surface area contributed by atoms with Gasteiger partial charge in [0.1, 0.15) is 11.5 Å². The molecule has 92 valence electrons. The highest BCUT2D eigenvalue weighted by molar-refractivity contribution is 6.31. The summed E-state index contributed by atoms with van der Waals surface area (Å²) in [6.07, 6.45) is 0. The van der Waals surface area contributed by atoms with Crippen LogP contribution in [0.2, 0.25) is 10.0 Å². The first kappa shape index (κ1) is 12.7. The van der Waals surface area contributed by atoms with Gasteiger partial charge in [-0.05, 0) is 36.4 Å². The van der Waals surface area contributed by atoms with Gasteiger partial charge in [-0.15, -0.1) is 0 Å². The molecular formula is C13H9Cl2NO2. The lowest BCUT2D eigenvalue weighted by molar-refractivity contribution is 0.0998. The number of halogens is 2. The summed E-state index contributed by atoms with van der Waals surface area (Å²) in [6.45, 7) is 0. The molecule has 2 aromatic carbocycles. The number of rotatable bonds is 3. The molecule has 0 unspecified atom stereocenters. The van der Waals surface area contributed by atoms with Gasteiger partial charge >= 0.3 is 0 Å². The van der Waals surface area contributed by atoms with Crippen LogP contribution in [0.4, 0.5) is 0 Å². The summed E-state index contributed by atoms with van der Waals surface area (Å²) < 4.78 is 5.56. The topological polar surface area (TPSA) is 52.3 Å². The molecule has 5 heteroatoms. The second kappa shape index (κ2) is 5.29. The molecule has 1 amide bonds. The second-order valence-corrected chi connectivity index (χ2v) is 4.44. The van der Waals surface area contributed by atoms with Crippen molar-refractivity contribution in [3.8, 4) is 11.5 Å². The molecule has 0 fully saturated rings. The highest BCUT2D eigenvalue weighted by atomic mass is 35.5. The Hall–Kier alpha value is -1.71. The Kier molecular flexibility index (Phi) is 3.75. The predicted octanol–water partition coefficient (Wildman–Crippen LogP) is 3.88. The average molecular weight is 282 g/mol. The van der Waals surface area contributed by atoms with Crippen molar-refractivity contribution in [2.45, 2.75) is 0 Å². The molecule has 0 aliphatic heterocycles. The molecule has 2 N–H and O–H groups in total. The summed E-state index contributed by atoms with van der Waals surface area (Å²) in [5.74, 6) is 0.260. The van der Waals surface area contributed by atoms with Gasteiger partial charge in [0.25, 0.3) is 5.91 Å². The molecule has 0 aliphatic rings. The van der Waals surface area contributed by atoms with Crippen LogP contribution in [-0.2, 0) is 0 Å². The summed E-state index contributed by atoms with van der Waals surface area (Å²) in [5, 5.41) is 0.962. The summed E-state index contributed by atoms with van der Waals surface area (Å²) in [5.41, 5.74) is 5.49. The first-order valence-electron chi connectivity index (χ1n) is 5.09. The summed E-state index contributed by atoms with van der Waals surface area (Å²) in [6, 6.07) is 11.5. The van der Waals surface area contributed by atoms with E-state index in [2.05, 4.69) is 0 Å². The summed E-state index contributed by atoms with van der Waals surface area (Å²) >= 11 is 11.7. The zero-order valence-electron chi connectivity index (χ0n) is 9.19. The molecule has 0 saturated carbocycles. The molecule has 0 aromatic heterocycles. The molecule has 0 spiro atoms. The number of ether oxygens (including phenoxy) is 1. The molecule has 0 radical (unpaired) electrons. The molecular weight excluding hydrogens is 273 g/mol. The van der Waals surface area contributed by atoms with Gasteiger partial charge in [-0.3, -0.25) is 4.79 Å². The Balaban J connectivity index is 2.37. The maximum absolute atomic E-state index is 11.3. The molecule has 2 aromatic rings. The first-order chi connectivity index (χ1) is 8.56. The van der Waals surface area contributed by atoms with Crippen molar-refractivity contribution in [3.63, 3.8) is 0 Å². The minimum atomic E-state index is -0.602. The molecule has 3 nitrogen and oxygen atoms in total. The van der Waals surface area contributed by atoms with Gasteiger partial charge in [-0.2, -0.15) is 0 Å². The van der Waals surface area contributed by atoms with E-state index < -0.39 is 5.91 Å². The average Bonchev–Trinajstić information content (AvgIpc) is 2.31. The number of carbonyl (C=O) groups excluding carboxylic acids is 1. The minimum Gasteiger partial charge on any atom is -0.456 e. The van der Waals surface area contributed by atoms with Gasteiger partial charge in [-0.25, -0.2) is 0 Å². The zero-order chi connectivity index (χ0) is 13.1. The normalized spacial score (nSPS) is 10.1. The van der Waals surface area contributed by atoms with Crippen LogP contribution >= 0.6 is 23.2 Å². The highest BCUT2D eigenvalue weighted by Gasteiger charge is 2.11. The third-order valence-corrected chi connectivity index (χ3v) is 2.70. The number of carbonyl (C=O) groups is 1. The van der Waals surface area contributed by atoms with Gasteiger partial charge in [0.05, 0.1) is 5.56 Å². The molecule has 0 heterocycles. The van der Waals surface area contributed by atoms with Crippen molar-refractivity contribution >= 4 is 29.1 Å². The lowest BCUT2D eigenvalue weighted by atomic mass is 10.2. The maximum Gasteiger partial charge on any atom is 0.252 e. The zero-order valence-corrected chi connectivity index (χ0v) is 10.7. The van der Waals surface area contributed by atoms with Crippen molar-refractivity contribution in [2.24, 2.45) is 5.73 Å². The number of nitrogens with two attached hydrogens (primary N) is 1. The number of amides is 1. The number of hydrogen-bond acceptors (Lipinski definition) is 2. The molecule has 0 atom stereocenters. The monoisotopic (exact) mass is 281 g/mol. The fraction of sp³-hybridized carbons (Fsp3) is 0. The number of hydrogen-bond donors (Lipinski definition) is 1. The van der Waals surface area contributed by atoms with E-state index in [1.54, 1.807) is 36.4 Å². The fourth-order valence-electron chi connectivity index (χ4n) is 1.44. The number of benzene rings is 2. The Bertz CT molecular complexity index is 599. The van der Waals surface area contributed by atoms with Crippen molar-refractivity contribution in [1.82, 2.24) is 0 Å². The van der Waals surface area contributed by atoms with Crippen LogP contribution in [0.1, 0.15) is 10.4 Å². The van der Waals surface area contributed by atoms with Crippen LogP contribution in [0.15, 0.2) is 42.5 Å². The molecule has 0 saturated heterocycles. The lowest BCUT2D eigenvalue weighted by Crippen LogP contribution is -2.12. The Labute approximate surface area is 114 Å². The minimum absolute atomic E-state index is 0.225. The quantitative estimate of drug-likeness (QED) is 0.928. The number of primary amides is 1. The Morgan fingerprint density at radius 1 is 1.06 bits per heavy atom. The maximum atomic E-state index is 11.3. The van der Waals surface area contributed by atoms with E-state index in [0.29, 0.717) is 21.5 Å². The molecule has 0 bridgehead atoms. The van der Waals surface area contributed by atoms with Gasteiger partial charge < -0.3 is 10.5 Å². The standard InChI is InChI=1S/C13H9Cl2NO2/c14-8-2-1-3-10(6-8)18-12-5-4-9(15)7-11(12)13(16)17/h1-7H,(H2,16,17). The van der Waals surface area contributed by atoms with Crippen LogP contribution in [0.25, 0.3) is 0 Å². The fourth-order valence-corrected chi connectivity index (χ4v) is 1.79. The third-order valence-electron chi connectivity index (χ3n) is 2.23. The van der Waals surface area contributed by atoms with Crippen LogP contribution in [-0.4, -0.2) is 5.91 Å². The Morgan fingerprint density at radius 2 is 1.78 bits per heavy atom. The summed E-state index contributed by atoms with van der Waals surface area (Å²) in [7, 11) is 0. The van der Waals surface area contributed by atoms with E-state index in [1.807, 2.05) is 0 Å². The van der Waals surface area contributed by atoms with Gasteiger partial charge in [-0.1, -0.05) is 29.3 Å². The first-order valence-corrected chi connectivity index (χ1v) is 5.84. The van der Waals surface area contributed by atoms with Crippen LogP contribution in [0.5, 0.6) is 11.5 Å². The third kappa shape index (κ3) is 2.94. The van der Waals surface area contributed by atoms with E-state index in [4.69, 9.17) is 33.7 Å². The van der Waals surface area contributed by atoms with E-state index >= 15 is 0 Å². The molecule has 0 aliphatic carbocycles. The van der Waals surface area contributed by atoms with E-state index in [-0.39, 0.29) is 5.56 Å². The van der Waals surface area contributed by atoms with E-state index in [1.165, 1.54) is 6.07 Å². The predicted molar refractivity (Wildman–Crippen MR) is 71.5 cm³/mol. The SMILES string of the molecule is NC(=O)c1cc(Cl)ccc1Oc1cccc(Cl)c1. The van der Waals surface area contributed by atoms with Crippen LogP contribution < -0.4 is 10.5 Å². The van der Waals surface area contributed by atoms with Gasteiger partial charge in [0.15, 0.2) is 0 Å². The smallest absolute Gasteiger partial charge is 0.252 e. The molecule has 18 heavy (non-hydrogen) atoms. The largest absolute Gasteiger partial charge is 0.456 e. The van der Waals surface area contributed by atoms with Crippen molar-refractivity contribution in [2.75, 3.05) is 0 Å².